The largest absolute Gasteiger partial charge is 0.342 e. The van der Waals surface area contributed by atoms with Gasteiger partial charge in [-0.15, -0.1) is 12.4 Å². The Morgan fingerprint density at radius 1 is 1.35 bits per heavy atom. The number of nitrogens with one attached hydrogen (secondary N) is 1. The lowest BCUT2D eigenvalue weighted by atomic mass is 9.95. The van der Waals surface area contributed by atoms with Crippen LogP contribution in [0.25, 0.3) is 0 Å². The highest BCUT2D eigenvalue weighted by Gasteiger charge is 2.36. The van der Waals surface area contributed by atoms with Crippen molar-refractivity contribution >= 4 is 24.2 Å². The summed E-state index contributed by atoms with van der Waals surface area (Å²) < 4.78 is 0. The third-order valence-electron chi connectivity index (χ3n) is 4.36. The van der Waals surface area contributed by atoms with Crippen LogP contribution in [0.3, 0.4) is 0 Å². The van der Waals surface area contributed by atoms with E-state index in [0.717, 1.165) is 32.5 Å². The number of carbonyl (C=O) groups excluding carboxylic acids is 2. The third kappa shape index (κ3) is 3.85. The Hall–Kier alpha value is -0.810. The van der Waals surface area contributed by atoms with Gasteiger partial charge in [0.2, 0.25) is 11.8 Å². The molecule has 6 heteroatoms. The summed E-state index contributed by atoms with van der Waals surface area (Å²) in [6, 6.07) is 0. The molecule has 2 saturated heterocycles. The first kappa shape index (κ1) is 17.2. The minimum absolute atomic E-state index is 0. The van der Waals surface area contributed by atoms with Crippen molar-refractivity contribution in [3.63, 3.8) is 0 Å². The van der Waals surface area contributed by atoms with E-state index in [2.05, 4.69) is 5.32 Å². The standard InChI is InChI=1S/C14H25N3O2.ClH/c1-3-16-10-12(8-13(16)18)14(19)17-6-4-11(5-7-17)9-15-2;/h11-12,15H,3-10H2,1-2H3;1H. The molecule has 1 atom stereocenters. The van der Waals surface area contributed by atoms with Gasteiger partial charge in [-0.3, -0.25) is 9.59 Å². The highest BCUT2D eigenvalue weighted by atomic mass is 35.5. The molecule has 0 aromatic carbocycles. The van der Waals surface area contributed by atoms with Crippen molar-refractivity contribution in [2.45, 2.75) is 26.2 Å². The number of rotatable bonds is 4. The maximum absolute atomic E-state index is 12.4. The highest BCUT2D eigenvalue weighted by Crippen LogP contribution is 2.23. The third-order valence-corrected chi connectivity index (χ3v) is 4.36. The monoisotopic (exact) mass is 303 g/mol. The van der Waals surface area contributed by atoms with Gasteiger partial charge in [-0.05, 0) is 39.3 Å². The average Bonchev–Trinajstić information content (AvgIpc) is 2.80. The Bertz CT molecular complexity index is 343. The SMILES string of the molecule is CCN1CC(C(=O)N2CCC(CNC)CC2)CC1=O.Cl. The second-order valence-electron chi connectivity index (χ2n) is 5.66. The predicted octanol–water partition coefficient (Wildman–Crippen LogP) is 0.735. The van der Waals surface area contributed by atoms with Crippen LogP contribution >= 0.6 is 12.4 Å². The summed E-state index contributed by atoms with van der Waals surface area (Å²) in [6.07, 6.45) is 2.55. The van der Waals surface area contributed by atoms with E-state index in [1.165, 1.54) is 0 Å². The van der Waals surface area contributed by atoms with Gasteiger partial charge in [0, 0.05) is 32.6 Å². The number of amides is 2. The van der Waals surface area contributed by atoms with Crippen LogP contribution in [0.2, 0.25) is 0 Å². The minimum atomic E-state index is -0.103. The van der Waals surface area contributed by atoms with Gasteiger partial charge in [-0.2, -0.15) is 0 Å². The van der Waals surface area contributed by atoms with E-state index >= 15 is 0 Å². The molecule has 0 aromatic heterocycles. The van der Waals surface area contributed by atoms with E-state index < -0.39 is 0 Å². The van der Waals surface area contributed by atoms with E-state index in [4.69, 9.17) is 0 Å². The molecular formula is C14H26ClN3O2. The fourth-order valence-corrected chi connectivity index (χ4v) is 3.15. The first-order valence-corrected chi connectivity index (χ1v) is 7.36. The molecule has 1 N–H and O–H groups in total. The normalized spacial score (nSPS) is 23.9. The molecule has 20 heavy (non-hydrogen) atoms. The summed E-state index contributed by atoms with van der Waals surface area (Å²) >= 11 is 0. The molecule has 116 valence electrons. The Morgan fingerprint density at radius 3 is 2.50 bits per heavy atom. The molecule has 2 aliphatic rings. The van der Waals surface area contributed by atoms with Gasteiger partial charge in [0.1, 0.15) is 0 Å². The van der Waals surface area contributed by atoms with Crippen molar-refractivity contribution in [2.75, 3.05) is 39.8 Å². The zero-order chi connectivity index (χ0) is 13.8. The van der Waals surface area contributed by atoms with Crippen LogP contribution in [0.4, 0.5) is 0 Å². The molecule has 0 bridgehead atoms. The van der Waals surface area contributed by atoms with Crippen LogP contribution in [-0.4, -0.2) is 61.4 Å². The molecule has 2 rings (SSSR count). The first-order chi connectivity index (χ1) is 9.15. The Kier molecular flexibility index (Phi) is 6.76. The highest BCUT2D eigenvalue weighted by molar-refractivity contribution is 5.89. The summed E-state index contributed by atoms with van der Waals surface area (Å²) in [5.74, 6) is 0.901. The van der Waals surface area contributed by atoms with Crippen LogP contribution in [0.5, 0.6) is 0 Å². The molecule has 2 aliphatic heterocycles. The lowest BCUT2D eigenvalue weighted by Gasteiger charge is -2.33. The molecule has 0 spiro atoms. The van der Waals surface area contributed by atoms with Gasteiger partial charge >= 0.3 is 0 Å². The van der Waals surface area contributed by atoms with Crippen molar-refractivity contribution in [1.82, 2.24) is 15.1 Å². The van der Waals surface area contributed by atoms with Crippen molar-refractivity contribution < 1.29 is 9.59 Å². The minimum Gasteiger partial charge on any atom is -0.342 e. The number of piperidine rings is 1. The molecule has 0 saturated carbocycles. The molecule has 0 radical (unpaired) electrons. The molecule has 5 nitrogen and oxygen atoms in total. The molecule has 0 aromatic rings. The number of halogens is 1. The van der Waals surface area contributed by atoms with E-state index in [1.807, 2.05) is 18.9 Å². The number of carbonyl (C=O) groups is 2. The second kappa shape index (κ2) is 7.84. The zero-order valence-corrected chi connectivity index (χ0v) is 13.2. The predicted molar refractivity (Wildman–Crippen MR) is 80.8 cm³/mol. The topological polar surface area (TPSA) is 52.7 Å². The molecule has 1 unspecified atom stereocenters. The van der Waals surface area contributed by atoms with Gasteiger partial charge in [0.15, 0.2) is 0 Å². The lowest BCUT2D eigenvalue weighted by molar-refractivity contribution is -0.137. The Labute approximate surface area is 127 Å². The second-order valence-corrected chi connectivity index (χ2v) is 5.66. The van der Waals surface area contributed by atoms with E-state index in [0.29, 0.717) is 25.4 Å². The van der Waals surface area contributed by atoms with Crippen LogP contribution in [0, 0.1) is 11.8 Å². The number of likely N-dealkylation sites (tertiary alicyclic amines) is 2. The zero-order valence-electron chi connectivity index (χ0n) is 12.4. The summed E-state index contributed by atoms with van der Waals surface area (Å²) in [5.41, 5.74) is 0. The average molecular weight is 304 g/mol. The lowest BCUT2D eigenvalue weighted by Crippen LogP contribution is -2.43. The quantitative estimate of drug-likeness (QED) is 0.833. The van der Waals surface area contributed by atoms with E-state index in [9.17, 15) is 9.59 Å². The van der Waals surface area contributed by atoms with Crippen molar-refractivity contribution in [1.29, 1.82) is 0 Å². The van der Waals surface area contributed by atoms with Crippen molar-refractivity contribution in [3.8, 4) is 0 Å². The first-order valence-electron chi connectivity index (χ1n) is 7.36. The summed E-state index contributed by atoms with van der Waals surface area (Å²) in [7, 11) is 1.97. The molecule has 2 amide bonds. The fraction of sp³-hybridized carbons (Fsp3) is 0.857. The summed E-state index contributed by atoms with van der Waals surface area (Å²) in [4.78, 5) is 27.8. The number of nitrogens with zero attached hydrogens (tertiary/aromatic N) is 2. The molecule has 0 aliphatic carbocycles. The maximum atomic E-state index is 12.4. The van der Waals surface area contributed by atoms with Crippen LogP contribution in [0.1, 0.15) is 26.2 Å². The van der Waals surface area contributed by atoms with Gasteiger partial charge < -0.3 is 15.1 Å². The van der Waals surface area contributed by atoms with Gasteiger partial charge in [0.25, 0.3) is 0 Å². The molecule has 2 fully saturated rings. The fourth-order valence-electron chi connectivity index (χ4n) is 3.15. The smallest absolute Gasteiger partial charge is 0.227 e. The van der Waals surface area contributed by atoms with Crippen LogP contribution < -0.4 is 5.32 Å². The number of hydrogen-bond acceptors (Lipinski definition) is 3. The summed E-state index contributed by atoms with van der Waals surface area (Å²) in [6.45, 7) is 6.03. The Balaban J connectivity index is 0.00000200. The molecular weight excluding hydrogens is 278 g/mol. The van der Waals surface area contributed by atoms with E-state index in [-0.39, 0.29) is 30.1 Å². The van der Waals surface area contributed by atoms with Gasteiger partial charge in [-0.25, -0.2) is 0 Å². The summed E-state index contributed by atoms with van der Waals surface area (Å²) in [5, 5.41) is 3.20. The van der Waals surface area contributed by atoms with Crippen LogP contribution in [0.15, 0.2) is 0 Å². The Morgan fingerprint density at radius 2 is 2.00 bits per heavy atom. The molecule has 2 heterocycles. The van der Waals surface area contributed by atoms with E-state index in [1.54, 1.807) is 4.90 Å². The van der Waals surface area contributed by atoms with Crippen molar-refractivity contribution in [2.24, 2.45) is 11.8 Å². The van der Waals surface area contributed by atoms with Crippen LogP contribution in [-0.2, 0) is 9.59 Å². The van der Waals surface area contributed by atoms with Gasteiger partial charge in [-0.1, -0.05) is 0 Å². The van der Waals surface area contributed by atoms with Gasteiger partial charge in [0.05, 0.1) is 5.92 Å². The van der Waals surface area contributed by atoms with Crippen molar-refractivity contribution in [3.05, 3.63) is 0 Å². The maximum Gasteiger partial charge on any atom is 0.227 e. The number of hydrogen-bond donors (Lipinski definition) is 1.